The van der Waals surface area contributed by atoms with Gasteiger partial charge in [0.15, 0.2) is 18.9 Å². The fourth-order valence-corrected chi connectivity index (χ4v) is 9.44. The summed E-state index contributed by atoms with van der Waals surface area (Å²) in [5, 5.41) is 120. The molecule has 0 spiro atoms. The van der Waals surface area contributed by atoms with Gasteiger partial charge in [0, 0.05) is 6.42 Å². The van der Waals surface area contributed by atoms with Gasteiger partial charge in [0.25, 0.3) is 0 Å². The van der Waals surface area contributed by atoms with Crippen molar-refractivity contribution >= 4 is 5.91 Å². The van der Waals surface area contributed by atoms with E-state index in [0.29, 0.717) is 19.3 Å². The fraction of sp³-hybridized carbons (Fsp3) is 0.677. The van der Waals surface area contributed by atoms with Crippen LogP contribution in [0.2, 0.25) is 0 Å². The summed E-state index contributed by atoms with van der Waals surface area (Å²) >= 11 is 0. The minimum absolute atomic E-state index is 0.143. The van der Waals surface area contributed by atoms with Crippen molar-refractivity contribution in [2.45, 2.75) is 253 Å². The molecule has 3 fully saturated rings. The topological polar surface area (TPSA) is 307 Å². The molecule has 12 N–H and O–H groups in total. The summed E-state index contributed by atoms with van der Waals surface area (Å²) in [7, 11) is 0. The largest absolute Gasteiger partial charge is 0.394 e. The van der Waals surface area contributed by atoms with Gasteiger partial charge in [-0.3, -0.25) is 4.79 Å². The highest BCUT2D eigenvalue weighted by Gasteiger charge is 2.53. The Balaban J connectivity index is 1.53. The van der Waals surface area contributed by atoms with E-state index in [1.807, 2.05) is 12.2 Å². The van der Waals surface area contributed by atoms with Crippen molar-refractivity contribution in [3.05, 3.63) is 122 Å². The summed E-state index contributed by atoms with van der Waals surface area (Å²) in [5.41, 5.74) is 0. The highest BCUT2D eigenvalue weighted by molar-refractivity contribution is 5.76. The molecule has 0 radical (unpaired) electrons. The number of allylic oxidation sites excluding steroid dienone is 19. The zero-order valence-electron chi connectivity index (χ0n) is 49.8. The van der Waals surface area contributed by atoms with Gasteiger partial charge in [-0.25, -0.2) is 0 Å². The standard InChI is InChI=1S/C65H105NO18/c1-3-5-7-9-11-13-15-17-19-21-22-23-24-25-26-27-29-31-33-35-37-39-41-43-53(71)66-48(49(70)42-40-38-36-34-32-30-28-20-18-16-14-12-10-8-6-4-2)47-79-63-59(77)56(74)61(51(45-68)81-63)84-65-60(78)57(75)62(52(46-69)82-65)83-64-58(76)55(73)54(72)50(44-67)80-64/h5,7,11,13,17-20,22-23,25-26,29,31-32,34-35,37,40,42,48-52,54-65,67-70,72-78H,3-4,6,8-10,12,14-16,21,24,27-28,30,33,36,38-39,41,43-47H2,1-2H3,(H,66,71)/b7-5-,13-11-,19-17-,20-18+,23-22-,26-25-,31-29-,34-32+,37-35-,42-40+. The van der Waals surface area contributed by atoms with Gasteiger partial charge in [-0.15, -0.1) is 0 Å². The number of ether oxygens (including phenoxy) is 6. The third kappa shape index (κ3) is 29.3. The highest BCUT2D eigenvalue weighted by Crippen LogP contribution is 2.33. The van der Waals surface area contributed by atoms with Crippen LogP contribution in [0.25, 0.3) is 0 Å². The maximum Gasteiger partial charge on any atom is 0.220 e. The first kappa shape index (κ1) is 74.4. The van der Waals surface area contributed by atoms with Gasteiger partial charge in [-0.2, -0.15) is 0 Å². The van der Waals surface area contributed by atoms with Crippen LogP contribution in [-0.2, 0) is 33.2 Å². The zero-order chi connectivity index (χ0) is 61.2. The number of carbonyl (C=O) groups is 1. The summed E-state index contributed by atoms with van der Waals surface area (Å²) in [4.78, 5) is 13.3. The van der Waals surface area contributed by atoms with E-state index in [0.717, 1.165) is 70.6 Å². The van der Waals surface area contributed by atoms with Gasteiger partial charge in [-0.1, -0.05) is 167 Å². The summed E-state index contributed by atoms with van der Waals surface area (Å²) in [6.07, 6.45) is 34.7. The minimum Gasteiger partial charge on any atom is -0.394 e. The molecule has 1 amide bonds. The molecule has 3 aliphatic rings. The van der Waals surface area contributed by atoms with E-state index < -0.39 is 131 Å². The molecule has 3 rings (SSSR count). The van der Waals surface area contributed by atoms with E-state index in [4.69, 9.17) is 28.4 Å². The van der Waals surface area contributed by atoms with Crippen LogP contribution in [0.15, 0.2) is 122 Å². The van der Waals surface area contributed by atoms with Gasteiger partial charge in [0.2, 0.25) is 5.91 Å². The van der Waals surface area contributed by atoms with Gasteiger partial charge in [0.1, 0.15) is 73.2 Å². The summed E-state index contributed by atoms with van der Waals surface area (Å²) < 4.78 is 34.2. The van der Waals surface area contributed by atoms with Crippen LogP contribution in [0.3, 0.4) is 0 Å². The monoisotopic (exact) mass is 1190 g/mol. The van der Waals surface area contributed by atoms with Crippen molar-refractivity contribution in [3.8, 4) is 0 Å². The van der Waals surface area contributed by atoms with Crippen LogP contribution in [0.1, 0.15) is 149 Å². The summed E-state index contributed by atoms with van der Waals surface area (Å²) in [5.74, 6) is -0.354. The van der Waals surface area contributed by atoms with Crippen LogP contribution >= 0.6 is 0 Å². The van der Waals surface area contributed by atoms with Crippen LogP contribution in [0.5, 0.6) is 0 Å². The molecule has 17 atom stereocenters. The molecule has 0 aromatic rings. The van der Waals surface area contributed by atoms with Crippen LogP contribution < -0.4 is 5.32 Å². The SMILES string of the molecule is CC/C=C\C/C=C\C/C=C\C/C=C\C/C=C\C/C=C\C/C=C\CCCC(=O)NC(COC1OC(CO)C(OC2OC(CO)C(OC3OC(CO)C(O)C(O)C3O)C(O)C2O)C(O)C1O)C(O)/C=C/CC/C=C/CC/C=C/CCCCCCCC. The number of aliphatic hydroxyl groups excluding tert-OH is 11. The maximum atomic E-state index is 13.3. The molecule has 3 aliphatic heterocycles. The second kappa shape index (κ2) is 46.4. The fourth-order valence-electron chi connectivity index (χ4n) is 9.44. The van der Waals surface area contributed by atoms with Crippen LogP contribution in [0, 0.1) is 0 Å². The van der Waals surface area contributed by atoms with Crippen molar-refractivity contribution in [2.75, 3.05) is 26.4 Å². The van der Waals surface area contributed by atoms with Crippen molar-refractivity contribution < 1.29 is 89.4 Å². The normalized spacial score (nSPS) is 30.0. The van der Waals surface area contributed by atoms with Crippen molar-refractivity contribution in [3.63, 3.8) is 0 Å². The predicted octanol–water partition coefficient (Wildman–Crippen LogP) is 6.09. The lowest BCUT2D eigenvalue weighted by molar-refractivity contribution is -0.379. The highest BCUT2D eigenvalue weighted by atomic mass is 16.8. The summed E-state index contributed by atoms with van der Waals surface area (Å²) in [6.45, 7) is 1.49. The van der Waals surface area contributed by atoms with E-state index in [2.05, 4.69) is 116 Å². The van der Waals surface area contributed by atoms with Crippen LogP contribution in [0.4, 0.5) is 0 Å². The number of hydrogen-bond acceptors (Lipinski definition) is 18. The Morgan fingerprint density at radius 3 is 1.33 bits per heavy atom. The average Bonchev–Trinajstić information content (AvgIpc) is 3.69. The van der Waals surface area contributed by atoms with Crippen LogP contribution in [-0.4, -0.2) is 193 Å². The molecular formula is C65H105NO18. The predicted molar refractivity (Wildman–Crippen MR) is 323 cm³/mol. The Bertz CT molecular complexity index is 2000. The maximum absolute atomic E-state index is 13.3. The second-order valence-corrected chi connectivity index (χ2v) is 21.4. The molecule has 3 saturated heterocycles. The van der Waals surface area contributed by atoms with Crippen molar-refractivity contribution in [1.29, 1.82) is 0 Å². The first-order valence-corrected chi connectivity index (χ1v) is 30.8. The first-order chi connectivity index (χ1) is 40.8. The number of rotatable bonds is 43. The third-order valence-electron chi connectivity index (χ3n) is 14.5. The lowest BCUT2D eigenvalue weighted by Crippen LogP contribution is -2.66. The molecule has 84 heavy (non-hydrogen) atoms. The molecule has 0 aliphatic carbocycles. The minimum atomic E-state index is -1.99. The number of unbranched alkanes of at least 4 members (excludes halogenated alkanes) is 9. The van der Waals surface area contributed by atoms with Gasteiger partial charge in [0.05, 0.1) is 38.6 Å². The van der Waals surface area contributed by atoms with Gasteiger partial charge < -0.3 is 89.9 Å². The smallest absolute Gasteiger partial charge is 0.220 e. The molecular weight excluding hydrogens is 1080 g/mol. The van der Waals surface area contributed by atoms with Gasteiger partial charge >= 0.3 is 0 Å². The molecule has 0 saturated carbocycles. The van der Waals surface area contributed by atoms with E-state index in [1.54, 1.807) is 12.2 Å². The van der Waals surface area contributed by atoms with E-state index in [-0.39, 0.29) is 12.3 Å². The van der Waals surface area contributed by atoms with E-state index in [1.165, 1.54) is 38.5 Å². The Morgan fingerprint density at radius 1 is 0.440 bits per heavy atom. The molecule has 17 unspecified atom stereocenters. The van der Waals surface area contributed by atoms with Gasteiger partial charge in [-0.05, 0) is 96.3 Å². The molecule has 19 heteroatoms. The summed E-state index contributed by atoms with van der Waals surface area (Å²) in [6, 6.07) is -1.04. The third-order valence-corrected chi connectivity index (χ3v) is 14.5. The molecule has 19 nitrogen and oxygen atoms in total. The molecule has 3 heterocycles. The van der Waals surface area contributed by atoms with E-state index >= 15 is 0 Å². The number of amides is 1. The molecule has 478 valence electrons. The Kier molecular flexibility index (Phi) is 41.1. The van der Waals surface area contributed by atoms with Crippen molar-refractivity contribution in [1.82, 2.24) is 5.32 Å². The zero-order valence-corrected chi connectivity index (χ0v) is 49.8. The average molecular weight is 1190 g/mol. The number of nitrogens with one attached hydrogen (secondary N) is 1. The Hall–Kier alpha value is -3.81. The number of carbonyl (C=O) groups excluding carboxylic acids is 1. The molecule has 0 bridgehead atoms. The molecule has 0 aromatic carbocycles. The second-order valence-electron chi connectivity index (χ2n) is 21.4. The van der Waals surface area contributed by atoms with E-state index in [9.17, 15) is 61.0 Å². The Morgan fingerprint density at radius 2 is 0.833 bits per heavy atom. The first-order valence-electron chi connectivity index (χ1n) is 30.8. The van der Waals surface area contributed by atoms with Crippen molar-refractivity contribution in [2.24, 2.45) is 0 Å². The number of hydrogen-bond donors (Lipinski definition) is 12. The Labute approximate surface area is 499 Å². The lowest BCUT2D eigenvalue weighted by Gasteiger charge is -2.48. The number of aliphatic hydroxyl groups is 11. The quantitative estimate of drug-likeness (QED) is 0.0243. The molecule has 0 aromatic heterocycles. The lowest BCUT2D eigenvalue weighted by atomic mass is 9.96.